The van der Waals surface area contributed by atoms with Gasteiger partial charge in [0.15, 0.2) is 0 Å². The normalized spacial score (nSPS) is 19.1. The molecule has 4 heterocycles. The molecule has 0 aliphatic carbocycles. The number of nitrogens with one attached hydrogen (secondary N) is 4. The molecule has 0 unspecified atom stereocenters. The molecule has 0 saturated carbocycles. The van der Waals surface area contributed by atoms with Gasteiger partial charge in [-0.15, -0.1) is 16.4 Å². The van der Waals surface area contributed by atoms with Crippen molar-refractivity contribution in [1.29, 1.82) is 0 Å². The van der Waals surface area contributed by atoms with Gasteiger partial charge < -0.3 is 16.0 Å². The molecule has 2 aliphatic heterocycles. The van der Waals surface area contributed by atoms with Gasteiger partial charge in [0, 0.05) is 29.9 Å². The third-order valence-corrected chi connectivity index (χ3v) is 9.81. The summed E-state index contributed by atoms with van der Waals surface area (Å²) in [4.78, 5) is 42.4. The van der Waals surface area contributed by atoms with E-state index >= 15 is 0 Å². The van der Waals surface area contributed by atoms with Crippen LogP contribution in [-0.4, -0.2) is 57.8 Å². The van der Waals surface area contributed by atoms with E-state index in [0.29, 0.717) is 31.5 Å². The van der Waals surface area contributed by atoms with Crippen molar-refractivity contribution in [1.82, 2.24) is 31.4 Å². The van der Waals surface area contributed by atoms with E-state index < -0.39 is 12.1 Å². The zero-order valence-electron chi connectivity index (χ0n) is 24.4. The number of carbonyl (C=O) groups excluding carboxylic acids is 3. The number of nitrogens with zero attached hydrogens (tertiary/aromatic N) is 3. The van der Waals surface area contributed by atoms with Crippen LogP contribution in [0.15, 0.2) is 54.0 Å². The van der Waals surface area contributed by atoms with Crippen molar-refractivity contribution < 1.29 is 14.4 Å². The second-order valence-corrected chi connectivity index (χ2v) is 12.4. The summed E-state index contributed by atoms with van der Waals surface area (Å²) in [5.41, 5.74) is 4.61. The molecule has 4 N–H and O–H groups in total. The van der Waals surface area contributed by atoms with Gasteiger partial charge in [0.2, 0.25) is 17.7 Å². The molecule has 2 aliphatic rings. The number of aryl methyl sites for hydroxylation is 1. The fraction of sp³-hybridized carbons (Fsp3) is 0.406. The maximum absolute atomic E-state index is 14.1. The fourth-order valence-corrected chi connectivity index (χ4v) is 7.15. The maximum atomic E-state index is 14.1. The van der Waals surface area contributed by atoms with E-state index in [9.17, 15) is 14.4 Å². The lowest BCUT2D eigenvalue weighted by atomic mass is 9.97. The highest BCUT2D eigenvalue weighted by Crippen LogP contribution is 2.39. The Morgan fingerprint density at radius 1 is 1.16 bits per heavy atom. The number of para-hydroxylation sites is 1. The van der Waals surface area contributed by atoms with Gasteiger partial charge in [-0.25, -0.2) is 0 Å². The molecule has 11 heteroatoms. The Labute approximate surface area is 254 Å². The van der Waals surface area contributed by atoms with Crippen molar-refractivity contribution >= 4 is 44.8 Å². The van der Waals surface area contributed by atoms with Crippen LogP contribution < -0.4 is 20.9 Å². The second kappa shape index (κ2) is 12.6. The summed E-state index contributed by atoms with van der Waals surface area (Å²) < 4.78 is 1.17. The molecule has 4 atom stereocenters. The lowest BCUT2D eigenvalue weighted by Crippen LogP contribution is -2.56. The third-order valence-electron chi connectivity index (χ3n) is 8.79. The molecule has 0 bridgehead atoms. The van der Waals surface area contributed by atoms with Crippen molar-refractivity contribution in [3.63, 3.8) is 0 Å². The standard InChI is InChI=1S/C32H37N7O3S/c1-3-19(2)26(36-29(40)14-22-18-43-28-10-5-4-9-24(22)28)17-33-25-12-11-20-7-6-8-21-13-27(39(30(20)21)32(25)42)31(41)34-15-23-16-35-38-37-23/h4-10,16,18-19,25-27,33H,3,11-15,17H2,1-2H3,(H,34,41)(H,36,40)(H,35,37,38)/t19-,25-,26+,27-/m0/s1. The van der Waals surface area contributed by atoms with E-state index in [1.165, 1.54) is 4.70 Å². The Hall–Kier alpha value is -4.09. The van der Waals surface area contributed by atoms with Crippen LogP contribution in [0, 0.1) is 5.92 Å². The van der Waals surface area contributed by atoms with Gasteiger partial charge in [-0.05, 0) is 52.3 Å². The van der Waals surface area contributed by atoms with Crippen molar-refractivity contribution in [2.45, 2.75) is 70.6 Å². The van der Waals surface area contributed by atoms with E-state index in [1.807, 2.05) is 30.3 Å². The van der Waals surface area contributed by atoms with Crippen LogP contribution in [0.25, 0.3) is 10.1 Å². The summed E-state index contributed by atoms with van der Waals surface area (Å²) in [7, 11) is 0. The fourth-order valence-electron chi connectivity index (χ4n) is 6.19. The zero-order chi connectivity index (χ0) is 29.9. The van der Waals surface area contributed by atoms with Gasteiger partial charge in [-0.1, -0.05) is 61.9 Å². The molecule has 10 nitrogen and oxygen atoms in total. The van der Waals surface area contributed by atoms with Crippen LogP contribution in [-0.2, 0) is 40.2 Å². The van der Waals surface area contributed by atoms with E-state index in [2.05, 4.69) is 62.7 Å². The van der Waals surface area contributed by atoms with Crippen molar-refractivity contribution in [3.05, 3.63) is 76.4 Å². The lowest BCUT2D eigenvalue weighted by molar-refractivity contribution is -0.127. The molecule has 43 heavy (non-hydrogen) atoms. The number of hydrogen-bond donors (Lipinski definition) is 4. The van der Waals surface area contributed by atoms with E-state index in [-0.39, 0.29) is 36.2 Å². The molecule has 2 aromatic heterocycles. The highest BCUT2D eigenvalue weighted by Gasteiger charge is 2.43. The number of anilines is 1. The lowest BCUT2D eigenvalue weighted by Gasteiger charge is -2.30. The van der Waals surface area contributed by atoms with Gasteiger partial charge in [0.05, 0.1) is 24.7 Å². The molecule has 6 rings (SSSR count). The van der Waals surface area contributed by atoms with Crippen LogP contribution in [0.3, 0.4) is 0 Å². The minimum Gasteiger partial charge on any atom is -0.352 e. The largest absolute Gasteiger partial charge is 0.352 e. The predicted molar refractivity (Wildman–Crippen MR) is 167 cm³/mol. The molecular weight excluding hydrogens is 562 g/mol. The summed E-state index contributed by atoms with van der Waals surface area (Å²) in [5, 5.41) is 23.1. The molecule has 224 valence electrons. The molecular formula is C32H37N7O3S. The maximum Gasteiger partial charge on any atom is 0.244 e. The average molecular weight is 600 g/mol. The Kier molecular flexibility index (Phi) is 8.53. The van der Waals surface area contributed by atoms with Gasteiger partial charge in [-0.2, -0.15) is 0 Å². The first kappa shape index (κ1) is 29.0. The van der Waals surface area contributed by atoms with Crippen molar-refractivity contribution in [2.75, 3.05) is 11.4 Å². The number of aromatic nitrogens is 3. The van der Waals surface area contributed by atoms with Gasteiger partial charge >= 0.3 is 0 Å². The first-order valence-electron chi connectivity index (χ1n) is 15.0. The monoisotopic (exact) mass is 599 g/mol. The molecule has 4 aromatic rings. The summed E-state index contributed by atoms with van der Waals surface area (Å²) in [6.45, 7) is 4.93. The minimum absolute atomic E-state index is 0.0247. The smallest absolute Gasteiger partial charge is 0.244 e. The number of carbonyl (C=O) groups is 3. The highest BCUT2D eigenvalue weighted by molar-refractivity contribution is 7.17. The second-order valence-electron chi connectivity index (χ2n) is 11.5. The summed E-state index contributed by atoms with van der Waals surface area (Å²) >= 11 is 1.65. The first-order chi connectivity index (χ1) is 20.9. The van der Waals surface area contributed by atoms with E-state index in [4.69, 9.17) is 0 Å². The van der Waals surface area contributed by atoms with Crippen LogP contribution in [0.5, 0.6) is 0 Å². The number of hydrogen-bond acceptors (Lipinski definition) is 7. The molecule has 2 aromatic carbocycles. The molecule has 0 saturated heterocycles. The number of thiophene rings is 1. The number of amides is 3. The third kappa shape index (κ3) is 6.05. The number of fused-ring (bicyclic) bond motifs is 1. The highest BCUT2D eigenvalue weighted by atomic mass is 32.1. The Morgan fingerprint density at radius 2 is 2.00 bits per heavy atom. The Balaban J connectivity index is 1.14. The van der Waals surface area contributed by atoms with Gasteiger partial charge in [-0.3, -0.25) is 24.4 Å². The minimum atomic E-state index is -0.636. The quantitative estimate of drug-likeness (QED) is 0.209. The number of benzene rings is 2. The van der Waals surface area contributed by atoms with Crippen LogP contribution in [0.1, 0.15) is 49.1 Å². The number of H-pyrrole nitrogens is 1. The SMILES string of the molecule is CC[C@H](C)[C@@H](CN[C@H]1CCc2cccc3c2N(C1=O)[C@H](C(=O)NCc1c[nH]nn1)C3)NC(=O)Cc1csc2ccccc12. The predicted octanol–water partition coefficient (Wildman–Crippen LogP) is 3.27. The Morgan fingerprint density at radius 3 is 2.81 bits per heavy atom. The topological polar surface area (TPSA) is 132 Å². The molecule has 0 spiro atoms. The van der Waals surface area contributed by atoms with Crippen LogP contribution in [0.4, 0.5) is 5.69 Å². The average Bonchev–Trinajstić information content (AvgIpc) is 3.76. The van der Waals surface area contributed by atoms with Crippen LogP contribution in [0.2, 0.25) is 0 Å². The number of rotatable bonds is 11. The number of aromatic amines is 1. The summed E-state index contributed by atoms with van der Waals surface area (Å²) in [5.74, 6) is -0.139. The zero-order valence-corrected chi connectivity index (χ0v) is 25.2. The molecule has 0 fully saturated rings. The van der Waals surface area contributed by atoms with Crippen molar-refractivity contribution in [3.8, 4) is 0 Å². The first-order valence-corrected chi connectivity index (χ1v) is 15.9. The molecule has 3 amide bonds. The summed E-state index contributed by atoms with van der Waals surface area (Å²) in [6, 6.07) is 12.9. The van der Waals surface area contributed by atoms with Crippen LogP contribution >= 0.6 is 11.3 Å². The van der Waals surface area contributed by atoms with Crippen molar-refractivity contribution in [2.24, 2.45) is 5.92 Å². The van der Waals surface area contributed by atoms with E-state index in [1.54, 1.807) is 22.4 Å². The molecule has 0 radical (unpaired) electrons. The van der Waals surface area contributed by atoms with E-state index in [0.717, 1.165) is 40.6 Å². The summed E-state index contributed by atoms with van der Waals surface area (Å²) in [6.07, 6.45) is 4.64. The Bertz CT molecular complexity index is 1620. The van der Waals surface area contributed by atoms with Gasteiger partial charge in [0.25, 0.3) is 0 Å². The van der Waals surface area contributed by atoms with Gasteiger partial charge in [0.1, 0.15) is 11.7 Å².